The van der Waals surface area contributed by atoms with Gasteiger partial charge in [-0.25, -0.2) is 13.2 Å². The SMILES string of the molecule is CCc1ccccc1C(O)c1cc(F)c(F)cc1F. The van der Waals surface area contributed by atoms with E-state index in [4.69, 9.17) is 0 Å². The van der Waals surface area contributed by atoms with E-state index in [0.717, 1.165) is 5.56 Å². The maximum atomic E-state index is 13.6. The van der Waals surface area contributed by atoms with Gasteiger partial charge in [0.2, 0.25) is 0 Å². The summed E-state index contributed by atoms with van der Waals surface area (Å²) in [5.41, 5.74) is 1.06. The highest BCUT2D eigenvalue weighted by atomic mass is 19.2. The van der Waals surface area contributed by atoms with Crippen LogP contribution in [0.1, 0.15) is 29.7 Å². The van der Waals surface area contributed by atoms with Gasteiger partial charge in [-0.2, -0.15) is 0 Å². The minimum absolute atomic E-state index is 0.264. The minimum Gasteiger partial charge on any atom is -0.384 e. The Hall–Kier alpha value is -1.81. The molecule has 0 aromatic heterocycles. The van der Waals surface area contributed by atoms with Gasteiger partial charge in [-0.05, 0) is 23.6 Å². The molecule has 1 unspecified atom stereocenters. The molecule has 0 saturated heterocycles. The van der Waals surface area contributed by atoms with Crippen LogP contribution in [0.15, 0.2) is 36.4 Å². The molecule has 0 aliphatic rings. The third-order valence-electron chi connectivity index (χ3n) is 3.06. The van der Waals surface area contributed by atoms with Crippen LogP contribution in [-0.2, 0) is 6.42 Å². The van der Waals surface area contributed by atoms with Crippen molar-refractivity contribution in [2.75, 3.05) is 0 Å². The summed E-state index contributed by atoms with van der Waals surface area (Å²) < 4.78 is 39.7. The number of aliphatic hydroxyl groups is 1. The number of aryl methyl sites for hydroxylation is 1. The van der Waals surface area contributed by atoms with Gasteiger partial charge >= 0.3 is 0 Å². The van der Waals surface area contributed by atoms with Crippen molar-refractivity contribution in [3.63, 3.8) is 0 Å². The summed E-state index contributed by atoms with van der Waals surface area (Å²) in [4.78, 5) is 0. The second kappa shape index (κ2) is 5.45. The van der Waals surface area contributed by atoms with Crippen LogP contribution in [0.5, 0.6) is 0 Å². The van der Waals surface area contributed by atoms with Crippen LogP contribution in [0.4, 0.5) is 13.2 Å². The zero-order chi connectivity index (χ0) is 14.0. The van der Waals surface area contributed by atoms with Crippen LogP contribution in [0.25, 0.3) is 0 Å². The van der Waals surface area contributed by atoms with E-state index in [1.165, 1.54) is 0 Å². The van der Waals surface area contributed by atoms with Gasteiger partial charge in [-0.3, -0.25) is 0 Å². The summed E-state index contributed by atoms with van der Waals surface area (Å²) in [6.07, 6.45) is -0.662. The topological polar surface area (TPSA) is 20.2 Å². The summed E-state index contributed by atoms with van der Waals surface area (Å²) in [7, 11) is 0. The lowest BCUT2D eigenvalue weighted by Crippen LogP contribution is -2.07. The van der Waals surface area contributed by atoms with E-state index < -0.39 is 23.6 Å². The molecule has 0 saturated carbocycles. The molecule has 0 spiro atoms. The van der Waals surface area contributed by atoms with Crippen molar-refractivity contribution >= 4 is 0 Å². The van der Waals surface area contributed by atoms with Crippen molar-refractivity contribution in [2.45, 2.75) is 19.4 Å². The van der Waals surface area contributed by atoms with Gasteiger partial charge in [-0.1, -0.05) is 31.2 Å². The number of hydrogen-bond donors (Lipinski definition) is 1. The molecule has 0 aliphatic carbocycles. The molecule has 4 heteroatoms. The fraction of sp³-hybridized carbons (Fsp3) is 0.200. The van der Waals surface area contributed by atoms with Crippen LogP contribution < -0.4 is 0 Å². The second-order valence-electron chi connectivity index (χ2n) is 4.24. The Morgan fingerprint density at radius 2 is 1.58 bits per heavy atom. The molecule has 0 amide bonds. The van der Waals surface area contributed by atoms with Crippen molar-refractivity contribution in [3.8, 4) is 0 Å². The Bertz CT molecular complexity index is 596. The van der Waals surface area contributed by atoms with Crippen molar-refractivity contribution in [1.82, 2.24) is 0 Å². The Kier molecular flexibility index (Phi) is 3.90. The van der Waals surface area contributed by atoms with Crippen LogP contribution in [0, 0.1) is 17.5 Å². The maximum absolute atomic E-state index is 13.6. The number of aliphatic hydroxyl groups excluding tert-OH is 1. The van der Waals surface area contributed by atoms with Gasteiger partial charge in [0.25, 0.3) is 0 Å². The largest absolute Gasteiger partial charge is 0.384 e. The summed E-state index contributed by atoms with van der Waals surface area (Å²) in [6.45, 7) is 1.90. The Labute approximate surface area is 109 Å². The van der Waals surface area contributed by atoms with Gasteiger partial charge in [-0.15, -0.1) is 0 Å². The van der Waals surface area contributed by atoms with Gasteiger partial charge in [0.1, 0.15) is 11.9 Å². The third kappa shape index (κ3) is 2.63. The van der Waals surface area contributed by atoms with E-state index in [0.29, 0.717) is 24.1 Å². The zero-order valence-electron chi connectivity index (χ0n) is 10.3. The first-order valence-electron chi connectivity index (χ1n) is 5.95. The monoisotopic (exact) mass is 266 g/mol. The van der Waals surface area contributed by atoms with Crippen LogP contribution in [0.2, 0.25) is 0 Å². The molecule has 2 aromatic rings. The van der Waals surface area contributed by atoms with Crippen molar-refractivity contribution in [1.29, 1.82) is 0 Å². The molecule has 0 fully saturated rings. The van der Waals surface area contributed by atoms with E-state index in [9.17, 15) is 18.3 Å². The average Bonchev–Trinajstić information content (AvgIpc) is 2.42. The van der Waals surface area contributed by atoms with Gasteiger partial charge < -0.3 is 5.11 Å². The van der Waals surface area contributed by atoms with E-state index in [2.05, 4.69) is 0 Å². The quantitative estimate of drug-likeness (QED) is 0.839. The molecule has 0 heterocycles. The first kappa shape index (κ1) is 13.6. The normalized spacial score (nSPS) is 12.5. The number of hydrogen-bond acceptors (Lipinski definition) is 1. The smallest absolute Gasteiger partial charge is 0.161 e. The second-order valence-corrected chi connectivity index (χ2v) is 4.24. The maximum Gasteiger partial charge on any atom is 0.161 e. The number of halogens is 3. The molecule has 0 radical (unpaired) electrons. The molecule has 1 N–H and O–H groups in total. The van der Waals surface area contributed by atoms with E-state index >= 15 is 0 Å². The molecule has 100 valence electrons. The molecular formula is C15H13F3O. The Morgan fingerprint density at radius 3 is 2.26 bits per heavy atom. The third-order valence-corrected chi connectivity index (χ3v) is 3.06. The van der Waals surface area contributed by atoms with Crippen LogP contribution in [0.3, 0.4) is 0 Å². The van der Waals surface area contributed by atoms with Gasteiger partial charge in [0.05, 0.1) is 0 Å². The van der Waals surface area contributed by atoms with Gasteiger partial charge in [0, 0.05) is 11.6 Å². The van der Waals surface area contributed by atoms with Crippen molar-refractivity contribution < 1.29 is 18.3 Å². The highest BCUT2D eigenvalue weighted by molar-refractivity contribution is 5.36. The molecule has 1 nitrogen and oxygen atoms in total. The highest BCUT2D eigenvalue weighted by Gasteiger charge is 2.20. The van der Waals surface area contributed by atoms with E-state index in [-0.39, 0.29) is 5.56 Å². The lowest BCUT2D eigenvalue weighted by molar-refractivity contribution is 0.213. The molecule has 0 aliphatic heterocycles. The van der Waals surface area contributed by atoms with E-state index in [1.54, 1.807) is 24.3 Å². The number of benzene rings is 2. The first-order valence-corrected chi connectivity index (χ1v) is 5.95. The highest BCUT2D eigenvalue weighted by Crippen LogP contribution is 2.28. The minimum atomic E-state index is -1.31. The fourth-order valence-electron chi connectivity index (χ4n) is 2.04. The first-order chi connectivity index (χ1) is 9.04. The molecule has 0 bridgehead atoms. The molecular weight excluding hydrogens is 253 g/mol. The Balaban J connectivity index is 2.50. The fourth-order valence-corrected chi connectivity index (χ4v) is 2.04. The molecule has 1 atom stereocenters. The van der Waals surface area contributed by atoms with Crippen LogP contribution >= 0.6 is 0 Å². The zero-order valence-corrected chi connectivity index (χ0v) is 10.3. The molecule has 2 rings (SSSR count). The lowest BCUT2D eigenvalue weighted by atomic mass is 9.95. The van der Waals surface area contributed by atoms with Crippen molar-refractivity contribution in [2.24, 2.45) is 0 Å². The molecule has 2 aromatic carbocycles. The summed E-state index contributed by atoms with van der Waals surface area (Å²) in [6, 6.07) is 8.09. The summed E-state index contributed by atoms with van der Waals surface area (Å²) in [5, 5.41) is 10.2. The van der Waals surface area contributed by atoms with Crippen molar-refractivity contribution in [3.05, 3.63) is 70.5 Å². The predicted molar refractivity (Wildman–Crippen MR) is 66.2 cm³/mol. The van der Waals surface area contributed by atoms with E-state index in [1.807, 2.05) is 6.92 Å². The standard InChI is InChI=1S/C15H13F3O/c1-2-9-5-3-4-6-10(9)15(19)11-7-13(17)14(18)8-12(11)16/h3-8,15,19H,2H2,1H3. The molecule has 19 heavy (non-hydrogen) atoms. The van der Waals surface area contributed by atoms with Crippen LogP contribution in [-0.4, -0.2) is 5.11 Å². The predicted octanol–water partition coefficient (Wildman–Crippen LogP) is 3.75. The average molecular weight is 266 g/mol. The van der Waals surface area contributed by atoms with Gasteiger partial charge in [0.15, 0.2) is 11.6 Å². The summed E-state index contributed by atoms with van der Waals surface area (Å²) >= 11 is 0. The number of rotatable bonds is 3. The summed E-state index contributed by atoms with van der Waals surface area (Å²) in [5.74, 6) is -3.40. The Morgan fingerprint density at radius 1 is 0.947 bits per heavy atom. The lowest BCUT2D eigenvalue weighted by Gasteiger charge is -2.16.